The molecule has 37 heavy (non-hydrogen) atoms. The molecule has 0 N–H and O–H groups in total. The highest BCUT2D eigenvalue weighted by atomic mass is 16.5. The maximum absolute atomic E-state index is 14.6. The van der Waals surface area contributed by atoms with Crippen LogP contribution in [0.15, 0.2) is 103 Å². The number of fused-ring (bicyclic) bond motifs is 3. The molecule has 4 aromatic carbocycles. The summed E-state index contributed by atoms with van der Waals surface area (Å²) in [4.78, 5) is 43.2. The molecule has 2 aliphatic rings. The summed E-state index contributed by atoms with van der Waals surface area (Å²) in [7, 11) is 3.04. The topological polar surface area (TPSA) is 63.7 Å². The van der Waals surface area contributed by atoms with E-state index in [1.807, 2.05) is 72.8 Å². The number of carbonyl (C=O) groups excluding carboxylic acids is 3. The van der Waals surface area contributed by atoms with Crippen molar-refractivity contribution in [3.05, 3.63) is 137 Å². The summed E-state index contributed by atoms with van der Waals surface area (Å²) in [6.45, 7) is 0. The number of rotatable bonds is 3. The molecule has 1 aliphatic carbocycles. The smallest absolute Gasteiger partial charge is 0.337 e. The summed E-state index contributed by atoms with van der Waals surface area (Å²) >= 11 is 0. The SMILES string of the molecule is COC(=O)c1ccc2c(c1)C(c1ccccc1)=C(c1ccccc1)C21C(=O)c2ccccc2N(C)C1=O. The summed E-state index contributed by atoms with van der Waals surface area (Å²) < 4.78 is 4.99. The molecule has 0 radical (unpaired) electrons. The van der Waals surface area contributed by atoms with Gasteiger partial charge in [0.05, 0.1) is 18.4 Å². The van der Waals surface area contributed by atoms with Crippen molar-refractivity contribution < 1.29 is 19.1 Å². The van der Waals surface area contributed by atoms with Gasteiger partial charge >= 0.3 is 5.97 Å². The van der Waals surface area contributed by atoms with Gasteiger partial charge in [0.2, 0.25) is 5.91 Å². The fourth-order valence-electron chi connectivity index (χ4n) is 5.73. The maximum Gasteiger partial charge on any atom is 0.337 e. The number of para-hydroxylation sites is 1. The quantitative estimate of drug-likeness (QED) is 0.282. The molecule has 1 unspecified atom stereocenters. The third-order valence-electron chi connectivity index (χ3n) is 7.34. The van der Waals surface area contributed by atoms with Crippen LogP contribution in [0, 0.1) is 0 Å². The molecule has 0 bridgehead atoms. The van der Waals surface area contributed by atoms with Crippen molar-refractivity contribution in [2.24, 2.45) is 0 Å². The van der Waals surface area contributed by atoms with Crippen LogP contribution >= 0.6 is 0 Å². The van der Waals surface area contributed by atoms with Crippen LogP contribution in [0.3, 0.4) is 0 Å². The minimum absolute atomic E-state index is 0.275. The summed E-state index contributed by atoms with van der Waals surface area (Å²) in [6.07, 6.45) is 0. The average Bonchev–Trinajstić information content (AvgIpc) is 3.26. The Bertz CT molecular complexity index is 1620. The number of hydrogen-bond donors (Lipinski definition) is 0. The third kappa shape index (κ3) is 3.07. The average molecular weight is 486 g/mol. The van der Waals surface area contributed by atoms with Crippen LogP contribution in [0.2, 0.25) is 0 Å². The Morgan fingerprint density at radius 2 is 1.38 bits per heavy atom. The summed E-state index contributed by atoms with van der Waals surface area (Å²) in [5, 5.41) is 0. The summed E-state index contributed by atoms with van der Waals surface area (Å²) in [5.41, 5.74) is 4.02. The molecule has 6 rings (SSSR count). The third-order valence-corrected chi connectivity index (χ3v) is 7.34. The van der Waals surface area contributed by atoms with Crippen molar-refractivity contribution in [2.45, 2.75) is 5.41 Å². The minimum atomic E-state index is -1.61. The highest BCUT2D eigenvalue weighted by Gasteiger charge is 2.60. The number of ether oxygens (including phenoxy) is 1. The lowest BCUT2D eigenvalue weighted by Gasteiger charge is -2.40. The molecule has 0 fully saturated rings. The van der Waals surface area contributed by atoms with Crippen molar-refractivity contribution in [3.8, 4) is 0 Å². The van der Waals surface area contributed by atoms with Crippen LogP contribution in [0.4, 0.5) is 5.69 Å². The van der Waals surface area contributed by atoms with Gasteiger partial charge < -0.3 is 9.64 Å². The van der Waals surface area contributed by atoms with Crippen molar-refractivity contribution in [3.63, 3.8) is 0 Å². The van der Waals surface area contributed by atoms with E-state index in [0.717, 1.165) is 16.7 Å². The van der Waals surface area contributed by atoms with E-state index in [1.165, 1.54) is 7.11 Å². The number of hydrogen-bond acceptors (Lipinski definition) is 4. The van der Waals surface area contributed by atoms with Gasteiger partial charge in [-0.2, -0.15) is 0 Å². The number of amides is 1. The molecule has 0 saturated heterocycles. The van der Waals surface area contributed by atoms with Crippen LogP contribution in [0.25, 0.3) is 11.1 Å². The lowest BCUT2D eigenvalue weighted by Crippen LogP contribution is -2.54. The Morgan fingerprint density at radius 1 is 0.757 bits per heavy atom. The first kappa shape index (κ1) is 22.7. The molecule has 1 aliphatic heterocycles. The normalized spacial score (nSPS) is 18.2. The van der Waals surface area contributed by atoms with Crippen molar-refractivity contribution in [2.75, 3.05) is 19.1 Å². The molecule has 5 heteroatoms. The van der Waals surface area contributed by atoms with E-state index < -0.39 is 11.4 Å². The summed E-state index contributed by atoms with van der Waals surface area (Å²) in [6, 6.07) is 31.5. The number of nitrogens with zero attached hydrogens (tertiary/aromatic N) is 1. The molecular weight excluding hydrogens is 462 g/mol. The predicted molar refractivity (Wildman–Crippen MR) is 142 cm³/mol. The molecule has 1 heterocycles. The first-order valence-corrected chi connectivity index (χ1v) is 12.0. The van der Waals surface area contributed by atoms with E-state index in [0.29, 0.717) is 33.5 Å². The number of methoxy groups -OCH3 is 1. The minimum Gasteiger partial charge on any atom is -0.465 e. The second-order valence-electron chi connectivity index (χ2n) is 9.19. The Labute approximate surface area is 214 Å². The van der Waals surface area contributed by atoms with Crippen LogP contribution < -0.4 is 4.90 Å². The molecule has 0 aromatic heterocycles. The van der Waals surface area contributed by atoms with Crippen LogP contribution in [-0.4, -0.2) is 31.8 Å². The van der Waals surface area contributed by atoms with E-state index in [4.69, 9.17) is 4.74 Å². The number of anilines is 1. The Balaban J connectivity index is 1.79. The van der Waals surface area contributed by atoms with Gasteiger partial charge in [-0.25, -0.2) is 4.79 Å². The highest BCUT2D eigenvalue weighted by Crippen LogP contribution is 2.57. The van der Waals surface area contributed by atoms with E-state index in [1.54, 1.807) is 42.3 Å². The number of benzene rings is 4. The molecule has 1 atom stereocenters. The van der Waals surface area contributed by atoms with Crippen molar-refractivity contribution >= 4 is 34.5 Å². The lowest BCUT2D eigenvalue weighted by atomic mass is 9.66. The van der Waals surface area contributed by atoms with Crippen molar-refractivity contribution in [1.82, 2.24) is 0 Å². The van der Waals surface area contributed by atoms with E-state index in [2.05, 4.69) is 0 Å². The van der Waals surface area contributed by atoms with Crippen LogP contribution in [0.5, 0.6) is 0 Å². The second-order valence-corrected chi connectivity index (χ2v) is 9.19. The summed E-state index contributed by atoms with van der Waals surface area (Å²) in [5.74, 6) is -1.09. The Kier molecular flexibility index (Phi) is 5.16. The standard InChI is InChI=1S/C32H23NO4/c1-33-26-16-10-9-15-23(26)29(34)32(31(33)36)25-18-17-22(30(35)37-2)19-24(25)27(20-11-5-3-6-12-20)28(32)21-13-7-4-8-14-21/h3-19H,1-2H3. The number of likely N-dealkylation sites (N-methyl/N-ethyl adjacent to an activating group) is 1. The van der Waals surface area contributed by atoms with Gasteiger partial charge in [0.25, 0.3) is 0 Å². The van der Waals surface area contributed by atoms with Gasteiger partial charge in [-0.3, -0.25) is 9.59 Å². The maximum atomic E-state index is 14.6. The number of esters is 1. The van der Waals surface area contributed by atoms with Gasteiger partial charge in [0.1, 0.15) is 0 Å². The van der Waals surface area contributed by atoms with E-state index in [-0.39, 0.29) is 11.7 Å². The highest BCUT2D eigenvalue weighted by molar-refractivity contribution is 6.39. The van der Waals surface area contributed by atoms with Crippen LogP contribution in [-0.2, 0) is 14.9 Å². The van der Waals surface area contributed by atoms with E-state index in [9.17, 15) is 14.4 Å². The first-order valence-electron chi connectivity index (χ1n) is 12.0. The van der Waals surface area contributed by atoms with Crippen molar-refractivity contribution in [1.29, 1.82) is 0 Å². The fraction of sp³-hybridized carbons (Fsp3) is 0.0938. The molecule has 4 aromatic rings. The lowest BCUT2D eigenvalue weighted by molar-refractivity contribution is -0.120. The predicted octanol–water partition coefficient (Wildman–Crippen LogP) is 5.54. The van der Waals surface area contributed by atoms with Gasteiger partial charge in [0.15, 0.2) is 11.2 Å². The first-order chi connectivity index (χ1) is 18.0. The number of carbonyl (C=O) groups is 3. The molecule has 1 spiro atoms. The second kappa shape index (κ2) is 8.42. The zero-order chi connectivity index (χ0) is 25.7. The zero-order valence-corrected chi connectivity index (χ0v) is 20.4. The molecule has 180 valence electrons. The molecule has 5 nitrogen and oxygen atoms in total. The number of Topliss-reactive ketones (excluding diaryl/α,β-unsaturated/α-hetero) is 1. The molecular formula is C32H23NO4. The monoisotopic (exact) mass is 485 g/mol. The van der Waals surface area contributed by atoms with Gasteiger partial charge in [0, 0.05) is 12.6 Å². The van der Waals surface area contributed by atoms with Crippen LogP contribution in [0.1, 0.15) is 43.0 Å². The van der Waals surface area contributed by atoms with E-state index >= 15 is 0 Å². The van der Waals surface area contributed by atoms with Gasteiger partial charge in [-0.1, -0.05) is 78.9 Å². The zero-order valence-electron chi connectivity index (χ0n) is 20.4. The number of ketones is 1. The Hall–Kier alpha value is -4.77. The Morgan fingerprint density at radius 3 is 2.05 bits per heavy atom. The van der Waals surface area contributed by atoms with Gasteiger partial charge in [-0.05, 0) is 57.7 Å². The molecule has 1 amide bonds. The fourth-order valence-corrected chi connectivity index (χ4v) is 5.73. The largest absolute Gasteiger partial charge is 0.465 e. The van der Waals surface area contributed by atoms with Gasteiger partial charge in [-0.15, -0.1) is 0 Å². The molecule has 0 saturated carbocycles.